The zero-order chi connectivity index (χ0) is 10.8. The number of halogens is 1. The Kier molecular flexibility index (Phi) is 2.77. The van der Waals surface area contributed by atoms with Crippen LogP contribution in [0, 0.1) is 0 Å². The molecule has 2 aromatic rings. The van der Waals surface area contributed by atoms with E-state index in [2.05, 4.69) is 15.9 Å². The molecule has 0 atom stereocenters. The Hall–Kier alpha value is -1.29. The summed E-state index contributed by atoms with van der Waals surface area (Å²) in [6.45, 7) is 0. The molecule has 1 N–H and O–H groups in total. The lowest BCUT2D eigenvalue weighted by atomic mass is 10.2. The summed E-state index contributed by atoms with van der Waals surface area (Å²) in [5.74, 6) is -0.0952. The fourth-order valence-electron chi connectivity index (χ4n) is 1.42. The van der Waals surface area contributed by atoms with Gasteiger partial charge in [0.15, 0.2) is 0 Å². The molecule has 1 aromatic heterocycles. The van der Waals surface area contributed by atoms with Crippen molar-refractivity contribution in [2.75, 3.05) is 0 Å². The van der Waals surface area contributed by atoms with Crippen molar-refractivity contribution in [3.63, 3.8) is 0 Å². The third-order valence-corrected chi connectivity index (χ3v) is 2.61. The van der Waals surface area contributed by atoms with E-state index in [0.717, 1.165) is 15.4 Å². The molecule has 0 aliphatic heterocycles. The summed E-state index contributed by atoms with van der Waals surface area (Å²) in [5.41, 5.74) is 0.790. The number of carboxylic acids is 1. The fraction of sp³-hybridized carbons (Fsp3) is 0.182. The van der Waals surface area contributed by atoms with Gasteiger partial charge in [-0.2, -0.15) is 0 Å². The first kappa shape index (κ1) is 10.2. The van der Waals surface area contributed by atoms with Crippen molar-refractivity contribution in [3.8, 4) is 0 Å². The van der Waals surface area contributed by atoms with Gasteiger partial charge in [0.05, 0.1) is 6.42 Å². The second kappa shape index (κ2) is 4.06. The summed E-state index contributed by atoms with van der Waals surface area (Å²) in [6.07, 6.45) is 0.530. The molecule has 2 rings (SSSR count). The topological polar surface area (TPSA) is 50.4 Å². The predicted molar refractivity (Wildman–Crippen MR) is 59.9 cm³/mol. The van der Waals surface area contributed by atoms with E-state index in [4.69, 9.17) is 9.52 Å². The van der Waals surface area contributed by atoms with Crippen molar-refractivity contribution in [3.05, 3.63) is 34.5 Å². The van der Waals surface area contributed by atoms with Gasteiger partial charge in [-0.1, -0.05) is 15.9 Å². The van der Waals surface area contributed by atoms with Gasteiger partial charge in [0.1, 0.15) is 11.3 Å². The number of rotatable bonds is 3. The van der Waals surface area contributed by atoms with E-state index in [9.17, 15) is 4.79 Å². The molecule has 0 aliphatic carbocycles. The lowest BCUT2D eigenvalue weighted by Crippen LogP contribution is -1.95. The van der Waals surface area contributed by atoms with Crippen LogP contribution >= 0.6 is 15.9 Å². The Morgan fingerprint density at radius 2 is 2.20 bits per heavy atom. The van der Waals surface area contributed by atoms with Gasteiger partial charge in [-0.15, -0.1) is 0 Å². The summed E-state index contributed by atoms with van der Waals surface area (Å²) >= 11 is 3.37. The van der Waals surface area contributed by atoms with Gasteiger partial charge in [0.2, 0.25) is 0 Å². The van der Waals surface area contributed by atoms with Gasteiger partial charge >= 0.3 is 5.97 Å². The van der Waals surface area contributed by atoms with Crippen molar-refractivity contribution < 1.29 is 14.3 Å². The van der Waals surface area contributed by atoms with E-state index in [-0.39, 0.29) is 6.42 Å². The summed E-state index contributed by atoms with van der Waals surface area (Å²) < 4.78 is 6.48. The van der Waals surface area contributed by atoms with Crippen LogP contribution in [-0.4, -0.2) is 11.1 Å². The highest BCUT2D eigenvalue weighted by Crippen LogP contribution is 2.23. The molecule has 0 spiro atoms. The monoisotopic (exact) mass is 268 g/mol. The lowest BCUT2D eigenvalue weighted by Gasteiger charge is -1.90. The molecule has 3 nitrogen and oxygen atoms in total. The smallest absolute Gasteiger partial charge is 0.303 e. The van der Waals surface area contributed by atoms with Crippen LogP contribution in [-0.2, 0) is 11.2 Å². The van der Waals surface area contributed by atoms with Gasteiger partial charge in [0.25, 0.3) is 0 Å². The van der Waals surface area contributed by atoms with Gasteiger partial charge in [-0.05, 0) is 24.3 Å². The van der Waals surface area contributed by atoms with Gasteiger partial charge in [0, 0.05) is 16.3 Å². The van der Waals surface area contributed by atoms with Crippen LogP contribution < -0.4 is 0 Å². The molecule has 0 radical (unpaired) electrons. The van der Waals surface area contributed by atoms with Crippen molar-refractivity contribution in [1.29, 1.82) is 0 Å². The maximum Gasteiger partial charge on any atom is 0.303 e. The summed E-state index contributed by atoms with van der Waals surface area (Å²) in [5, 5.41) is 9.54. The molecule has 0 bridgehead atoms. The number of hydrogen-bond acceptors (Lipinski definition) is 2. The van der Waals surface area contributed by atoms with Gasteiger partial charge < -0.3 is 9.52 Å². The number of carboxylic acid groups (broad SMARTS) is 1. The first-order valence-electron chi connectivity index (χ1n) is 4.55. The first-order valence-corrected chi connectivity index (χ1v) is 5.34. The van der Waals surface area contributed by atoms with E-state index >= 15 is 0 Å². The number of furan rings is 1. The number of hydrogen-bond donors (Lipinski definition) is 1. The van der Waals surface area contributed by atoms with Crippen molar-refractivity contribution in [2.24, 2.45) is 0 Å². The van der Waals surface area contributed by atoms with Crippen molar-refractivity contribution in [1.82, 2.24) is 0 Å². The molecule has 0 aliphatic rings. The Balaban J connectivity index is 2.27. The second-order valence-corrected chi connectivity index (χ2v) is 4.20. The SMILES string of the molecule is O=C(O)CCc1cc2cc(Br)ccc2o1. The first-order chi connectivity index (χ1) is 7.15. The molecule has 1 aromatic carbocycles. The normalized spacial score (nSPS) is 10.7. The van der Waals surface area contributed by atoms with Crippen molar-refractivity contribution >= 4 is 32.9 Å². The van der Waals surface area contributed by atoms with Crippen LogP contribution in [0.1, 0.15) is 12.2 Å². The summed E-state index contributed by atoms with van der Waals surface area (Å²) in [6, 6.07) is 7.59. The number of aryl methyl sites for hydroxylation is 1. The molecule has 0 fully saturated rings. The van der Waals surface area contributed by atoms with Crippen LogP contribution in [0.3, 0.4) is 0 Å². The Morgan fingerprint density at radius 1 is 1.40 bits per heavy atom. The predicted octanol–water partition coefficient (Wildman–Crippen LogP) is 3.21. The van der Waals surface area contributed by atoms with Gasteiger partial charge in [-0.25, -0.2) is 0 Å². The highest BCUT2D eigenvalue weighted by atomic mass is 79.9. The summed E-state index contributed by atoms with van der Waals surface area (Å²) in [7, 11) is 0. The molecule has 1 heterocycles. The largest absolute Gasteiger partial charge is 0.481 e. The van der Waals surface area contributed by atoms with Crippen LogP contribution in [0.2, 0.25) is 0 Å². The Bertz CT molecular complexity index is 502. The number of fused-ring (bicyclic) bond motifs is 1. The van der Waals surface area contributed by atoms with E-state index in [1.165, 1.54) is 0 Å². The molecular formula is C11H9BrO3. The zero-order valence-corrected chi connectivity index (χ0v) is 9.45. The molecule has 0 saturated heterocycles. The third-order valence-electron chi connectivity index (χ3n) is 2.11. The highest BCUT2D eigenvalue weighted by Gasteiger charge is 2.06. The quantitative estimate of drug-likeness (QED) is 0.930. The molecule has 0 saturated carbocycles. The average Bonchev–Trinajstić information content (AvgIpc) is 2.56. The lowest BCUT2D eigenvalue weighted by molar-refractivity contribution is -0.137. The maximum absolute atomic E-state index is 10.4. The van der Waals surface area contributed by atoms with Crippen LogP contribution in [0.5, 0.6) is 0 Å². The van der Waals surface area contributed by atoms with E-state index in [1.807, 2.05) is 24.3 Å². The molecular weight excluding hydrogens is 260 g/mol. The third kappa shape index (κ3) is 2.39. The number of carbonyl (C=O) groups is 1. The molecule has 78 valence electrons. The number of aliphatic carboxylic acids is 1. The average molecular weight is 269 g/mol. The minimum absolute atomic E-state index is 0.0982. The summed E-state index contributed by atoms with van der Waals surface area (Å²) in [4.78, 5) is 10.4. The second-order valence-electron chi connectivity index (χ2n) is 3.29. The van der Waals surface area contributed by atoms with E-state index in [0.29, 0.717) is 12.2 Å². The minimum atomic E-state index is -0.809. The van der Waals surface area contributed by atoms with Gasteiger partial charge in [-0.3, -0.25) is 4.79 Å². The van der Waals surface area contributed by atoms with Crippen LogP contribution in [0.25, 0.3) is 11.0 Å². The Morgan fingerprint density at radius 3 is 2.93 bits per heavy atom. The van der Waals surface area contributed by atoms with E-state index < -0.39 is 5.97 Å². The maximum atomic E-state index is 10.4. The van der Waals surface area contributed by atoms with Crippen LogP contribution in [0.15, 0.2) is 33.2 Å². The van der Waals surface area contributed by atoms with Crippen LogP contribution in [0.4, 0.5) is 0 Å². The zero-order valence-electron chi connectivity index (χ0n) is 7.87. The van der Waals surface area contributed by atoms with E-state index in [1.54, 1.807) is 0 Å². The molecule has 4 heteroatoms. The molecule has 0 amide bonds. The highest BCUT2D eigenvalue weighted by molar-refractivity contribution is 9.10. The molecule has 15 heavy (non-hydrogen) atoms. The minimum Gasteiger partial charge on any atom is -0.481 e. The molecule has 0 unspecified atom stereocenters. The number of benzene rings is 1. The fourth-order valence-corrected chi connectivity index (χ4v) is 1.80. The Labute approximate surface area is 94.8 Å². The van der Waals surface area contributed by atoms with Crippen molar-refractivity contribution in [2.45, 2.75) is 12.8 Å². The standard InChI is InChI=1S/C11H9BrO3/c12-8-1-3-10-7(5-8)6-9(15-10)2-4-11(13)14/h1,3,5-6H,2,4H2,(H,13,14).